The van der Waals surface area contributed by atoms with Crippen LogP contribution < -0.4 is 10.6 Å². The Kier molecular flexibility index (Phi) is 5.46. The number of carbonyl (C=O) groups excluding carboxylic acids is 3. The lowest BCUT2D eigenvalue weighted by atomic mass is 9.88. The summed E-state index contributed by atoms with van der Waals surface area (Å²) in [5.41, 5.74) is 1.19. The van der Waals surface area contributed by atoms with Crippen LogP contribution in [0.25, 0.3) is 0 Å². The zero-order valence-corrected chi connectivity index (χ0v) is 15.4. The molecule has 2 aliphatic rings. The highest BCUT2D eigenvalue weighted by atomic mass is 32.1. The summed E-state index contributed by atoms with van der Waals surface area (Å²) < 4.78 is 14.9. The van der Waals surface area contributed by atoms with E-state index in [4.69, 9.17) is 9.47 Å². The summed E-state index contributed by atoms with van der Waals surface area (Å²) >= 11 is 1.35. The predicted molar refractivity (Wildman–Crippen MR) is 94.0 cm³/mol. The van der Waals surface area contributed by atoms with Gasteiger partial charge in [-0.15, -0.1) is 11.3 Å². The lowest BCUT2D eigenvalue weighted by Crippen LogP contribution is -2.32. The van der Waals surface area contributed by atoms with E-state index < -0.39 is 17.9 Å². The van der Waals surface area contributed by atoms with Crippen LogP contribution in [0.15, 0.2) is 12.0 Å². The van der Waals surface area contributed by atoms with Crippen molar-refractivity contribution < 1.29 is 28.6 Å². The molecule has 3 amide bonds. The lowest BCUT2D eigenvalue weighted by molar-refractivity contribution is -0.117. The van der Waals surface area contributed by atoms with Gasteiger partial charge in [0.15, 0.2) is 0 Å². The van der Waals surface area contributed by atoms with E-state index in [1.54, 1.807) is 0 Å². The molecule has 1 atom stereocenters. The van der Waals surface area contributed by atoms with Crippen molar-refractivity contribution in [1.29, 1.82) is 0 Å². The van der Waals surface area contributed by atoms with Crippen molar-refractivity contribution in [2.75, 3.05) is 25.6 Å². The van der Waals surface area contributed by atoms with Crippen LogP contribution in [0.4, 0.5) is 9.80 Å². The van der Waals surface area contributed by atoms with Gasteiger partial charge in [0.1, 0.15) is 24.5 Å². The topological polar surface area (TPSA) is 103 Å². The van der Waals surface area contributed by atoms with Gasteiger partial charge in [0, 0.05) is 4.88 Å². The number of methoxy groups -OCH3 is 1. The zero-order valence-electron chi connectivity index (χ0n) is 14.5. The van der Waals surface area contributed by atoms with Gasteiger partial charge in [-0.1, -0.05) is 6.92 Å². The van der Waals surface area contributed by atoms with Gasteiger partial charge >= 0.3 is 6.09 Å². The molecule has 2 heterocycles. The Hall–Kier alpha value is -2.55. The first-order valence-corrected chi connectivity index (χ1v) is 9.11. The fourth-order valence-electron chi connectivity index (χ4n) is 2.94. The third kappa shape index (κ3) is 3.82. The minimum absolute atomic E-state index is 0.0512. The molecule has 1 aromatic rings. The Balaban J connectivity index is 1.90. The van der Waals surface area contributed by atoms with Crippen LogP contribution >= 0.6 is 11.3 Å². The third-order valence-corrected chi connectivity index (χ3v) is 5.41. The number of fused-ring (bicyclic) bond motifs is 1. The highest BCUT2D eigenvalue weighted by molar-refractivity contribution is 7.17. The van der Waals surface area contributed by atoms with E-state index in [0.717, 1.165) is 29.7 Å². The van der Waals surface area contributed by atoms with Crippen LogP contribution in [0.5, 0.6) is 0 Å². The summed E-state index contributed by atoms with van der Waals surface area (Å²) in [4.78, 5) is 37.5. The molecule has 0 aromatic carbocycles. The molecule has 0 fully saturated rings. The molecular formula is C17H20N2O6S. The summed E-state index contributed by atoms with van der Waals surface area (Å²) in [5.74, 6) is -0.535. The van der Waals surface area contributed by atoms with Crippen molar-refractivity contribution in [3.8, 4) is 0 Å². The largest absolute Gasteiger partial charge is 0.494 e. The number of amides is 3. The summed E-state index contributed by atoms with van der Waals surface area (Å²) in [7, 11) is 1.18. The van der Waals surface area contributed by atoms with Gasteiger partial charge in [0.25, 0.3) is 11.8 Å². The maximum absolute atomic E-state index is 12.6. The molecule has 1 aliphatic heterocycles. The highest BCUT2D eigenvalue weighted by Crippen LogP contribution is 2.39. The van der Waals surface area contributed by atoms with E-state index >= 15 is 0 Å². The second-order valence-corrected chi connectivity index (χ2v) is 7.26. The van der Waals surface area contributed by atoms with Crippen LogP contribution in [-0.2, 0) is 31.8 Å². The number of thiophene rings is 1. The summed E-state index contributed by atoms with van der Waals surface area (Å²) in [5, 5.41) is 5.28. The van der Waals surface area contributed by atoms with Crippen molar-refractivity contribution in [2.24, 2.45) is 5.92 Å². The Morgan fingerprint density at radius 2 is 2.08 bits per heavy atom. The molecule has 0 saturated carbocycles. The number of rotatable bonds is 3. The van der Waals surface area contributed by atoms with Crippen LogP contribution in [0.2, 0.25) is 0 Å². The standard InChI is InChI=1S/C17H20N2O6S/c1-9-3-4-10-12(7-9)26-16(13(10)15(21)19-17(22)23-2)18-14(20)11-8-24-5-6-25-11/h8-9H,3-7H2,1-2H3,(H,18,20)(H,19,21,22)/t9-/m1/s1. The molecule has 140 valence electrons. The van der Waals surface area contributed by atoms with Crippen LogP contribution in [0.1, 0.15) is 34.1 Å². The first-order valence-electron chi connectivity index (χ1n) is 8.29. The van der Waals surface area contributed by atoms with Crippen molar-refractivity contribution in [2.45, 2.75) is 26.2 Å². The lowest BCUT2D eigenvalue weighted by Gasteiger charge is -2.18. The van der Waals surface area contributed by atoms with Crippen LogP contribution in [0, 0.1) is 5.92 Å². The monoisotopic (exact) mass is 380 g/mol. The van der Waals surface area contributed by atoms with Crippen LogP contribution in [0.3, 0.4) is 0 Å². The number of nitrogens with one attached hydrogen (secondary N) is 2. The van der Waals surface area contributed by atoms with Crippen molar-refractivity contribution in [3.05, 3.63) is 28.0 Å². The Labute approximate surface area is 154 Å². The number of anilines is 1. The van der Waals surface area contributed by atoms with Gasteiger partial charge in [0.2, 0.25) is 5.76 Å². The van der Waals surface area contributed by atoms with E-state index in [1.807, 2.05) is 0 Å². The van der Waals surface area contributed by atoms with Gasteiger partial charge in [0.05, 0.1) is 12.7 Å². The van der Waals surface area contributed by atoms with E-state index in [1.165, 1.54) is 24.7 Å². The molecule has 26 heavy (non-hydrogen) atoms. The molecule has 1 aromatic heterocycles. The van der Waals surface area contributed by atoms with E-state index in [2.05, 4.69) is 22.3 Å². The van der Waals surface area contributed by atoms with E-state index in [0.29, 0.717) is 23.1 Å². The van der Waals surface area contributed by atoms with Crippen molar-refractivity contribution in [3.63, 3.8) is 0 Å². The summed E-state index contributed by atoms with van der Waals surface area (Å²) in [6.07, 6.45) is 2.90. The summed E-state index contributed by atoms with van der Waals surface area (Å²) in [6.45, 7) is 2.81. The second kappa shape index (κ2) is 7.77. The Morgan fingerprint density at radius 1 is 1.27 bits per heavy atom. The maximum Gasteiger partial charge on any atom is 0.413 e. The molecule has 9 heteroatoms. The quantitative estimate of drug-likeness (QED) is 0.833. The number of ether oxygens (including phenoxy) is 3. The fourth-order valence-corrected chi connectivity index (χ4v) is 4.34. The van der Waals surface area contributed by atoms with Gasteiger partial charge in [-0.3, -0.25) is 14.9 Å². The predicted octanol–water partition coefficient (Wildman–Crippen LogP) is 2.20. The van der Waals surface area contributed by atoms with E-state index in [9.17, 15) is 14.4 Å². The maximum atomic E-state index is 12.6. The van der Waals surface area contributed by atoms with Gasteiger partial charge in [-0.25, -0.2) is 4.79 Å². The van der Waals surface area contributed by atoms with Crippen molar-refractivity contribution >= 4 is 34.2 Å². The molecule has 0 bridgehead atoms. The molecule has 2 N–H and O–H groups in total. The molecule has 3 rings (SSSR count). The number of hydrogen-bond donors (Lipinski definition) is 2. The number of hydrogen-bond acceptors (Lipinski definition) is 7. The molecular weight excluding hydrogens is 360 g/mol. The highest BCUT2D eigenvalue weighted by Gasteiger charge is 2.30. The minimum Gasteiger partial charge on any atom is -0.494 e. The number of carbonyl (C=O) groups is 3. The molecule has 8 nitrogen and oxygen atoms in total. The van der Waals surface area contributed by atoms with Gasteiger partial charge in [-0.2, -0.15) is 0 Å². The normalized spacial score (nSPS) is 18.5. The molecule has 1 aliphatic carbocycles. The third-order valence-electron chi connectivity index (χ3n) is 4.24. The Bertz CT molecular complexity index is 770. The minimum atomic E-state index is -0.844. The number of imide groups is 1. The number of alkyl carbamates (subject to hydrolysis) is 1. The molecule has 0 radical (unpaired) electrons. The first kappa shape index (κ1) is 18.2. The van der Waals surface area contributed by atoms with Crippen LogP contribution in [-0.4, -0.2) is 38.2 Å². The van der Waals surface area contributed by atoms with E-state index in [-0.39, 0.29) is 12.4 Å². The zero-order chi connectivity index (χ0) is 18.7. The van der Waals surface area contributed by atoms with Gasteiger partial charge < -0.3 is 19.5 Å². The summed E-state index contributed by atoms with van der Waals surface area (Å²) in [6, 6.07) is 0. The smallest absolute Gasteiger partial charge is 0.413 e. The molecule has 0 unspecified atom stereocenters. The SMILES string of the molecule is COC(=O)NC(=O)c1c(NC(=O)C2=COCCO2)sc2c1CC[C@@H](C)C2. The first-order chi connectivity index (χ1) is 12.5. The fraction of sp³-hybridized carbons (Fsp3) is 0.471. The molecule has 0 spiro atoms. The average molecular weight is 380 g/mol. The Morgan fingerprint density at radius 3 is 2.77 bits per heavy atom. The van der Waals surface area contributed by atoms with Crippen molar-refractivity contribution in [1.82, 2.24) is 5.32 Å². The molecule has 0 saturated heterocycles. The second-order valence-electron chi connectivity index (χ2n) is 6.16. The average Bonchev–Trinajstić information content (AvgIpc) is 2.99. The van der Waals surface area contributed by atoms with Gasteiger partial charge in [-0.05, 0) is 30.7 Å².